The van der Waals surface area contributed by atoms with Crippen molar-refractivity contribution in [3.63, 3.8) is 0 Å². The van der Waals surface area contributed by atoms with Crippen LogP contribution in [-0.4, -0.2) is 64.2 Å². The summed E-state index contributed by atoms with van der Waals surface area (Å²) in [6.45, 7) is 2.55. The maximum Gasteiger partial charge on any atom is 0.397 e. The fraction of sp³-hybridized carbons (Fsp3) is 0.667. The van der Waals surface area contributed by atoms with Gasteiger partial charge in [-0.05, 0) is 0 Å². The van der Waals surface area contributed by atoms with Gasteiger partial charge in [0, 0.05) is 36.9 Å². The van der Waals surface area contributed by atoms with E-state index in [0.29, 0.717) is 31.5 Å². The Bertz CT molecular complexity index is 970. The Morgan fingerprint density at radius 3 is 2.78 bits per heavy atom. The molecular formula is C15H22N5O6S+. The molecule has 27 heavy (non-hydrogen) atoms. The van der Waals surface area contributed by atoms with Gasteiger partial charge < -0.3 is 4.98 Å². The van der Waals surface area contributed by atoms with Crippen LogP contribution in [0, 0.1) is 5.92 Å². The SMILES string of the molecule is C[13CH]1C2CNC3=[N+]2[13CH]([13CH2][13CH]([13CH2][13c]2[13cH][13c](=O)[nH]c(=O)[nH]2)N3)[13CH2][13CH]1OS(=O)(=O)O. The average Bonchev–Trinajstić information content (AvgIpc) is 2.94. The Hall–Kier alpha value is -2.18. The molecule has 1 saturated heterocycles. The van der Waals surface area contributed by atoms with E-state index in [0.717, 1.165) is 5.96 Å². The zero-order valence-corrected chi connectivity index (χ0v) is 15.5. The van der Waals surface area contributed by atoms with E-state index < -0.39 is 27.8 Å². The van der Waals surface area contributed by atoms with E-state index in [1.165, 1.54) is 6.07 Å². The molecule has 148 valence electrons. The van der Waals surface area contributed by atoms with Crippen LogP contribution in [0.4, 0.5) is 0 Å². The third-order valence-corrected chi connectivity index (χ3v) is 6.10. The molecule has 0 amide bonds. The molecule has 5 N–H and O–H groups in total. The quantitative estimate of drug-likeness (QED) is 0.215. The van der Waals surface area contributed by atoms with Gasteiger partial charge in [0.15, 0.2) is 0 Å². The molecule has 11 nitrogen and oxygen atoms in total. The van der Waals surface area contributed by atoms with E-state index in [2.05, 4.69) is 25.2 Å². The van der Waals surface area contributed by atoms with Crippen molar-refractivity contribution >= 4 is 16.4 Å². The third-order valence-electron chi connectivity index (χ3n) is 5.61. The van der Waals surface area contributed by atoms with Crippen LogP contribution in [0.2, 0.25) is 0 Å². The highest BCUT2D eigenvalue weighted by molar-refractivity contribution is 7.80. The van der Waals surface area contributed by atoms with Crippen LogP contribution >= 0.6 is 0 Å². The van der Waals surface area contributed by atoms with Crippen LogP contribution in [0.3, 0.4) is 0 Å². The zero-order chi connectivity index (χ0) is 19.3. The maximum atomic E-state index is 11.5. The number of H-pyrrole nitrogens is 2. The first kappa shape index (κ1) is 18.2. The molecule has 3 aliphatic heterocycles. The van der Waals surface area contributed by atoms with Gasteiger partial charge in [-0.2, -0.15) is 8.42 Å². The van der Waals surface area contributed by atoms with Crippen molar-refractivity contribution in [1.29, 1.82) is 0 Å². The maximum absolute atomic E-state index is 11.5. The summed E-state index contributed by atoms with van der Waals surface area (Å²) in [5, 5.41) is 6.71. The van der Waals surface area contributed by atoms with Gasteiger partial charge in [0.25, 0.3) is 5.56 Å². The van der Waals surface area contributed by atoms with Crippen molar-refractivity contribution in [2.24, 2.45) is 5.92 Å². The number of rotatable bonds is 4. The highest BCUT2D eigenvalue weighted by Gasteiger charge is 2.51. The number of hydrogen-bond donors (Lipinski definition) is 5. The van der Waals surface area contributed by atoms with Crippen molar-refractivity contribution in [3.05, 3.63) is 32.6 Å². The Balaban J connectivity index is 1.57. The first-order valence-electron chi connectivity index (χ1n) is 8.83. The monoisotopic (exact) mass is 410 g/mol. The summed E-state index contributed by atoms with van der Waals surface area (Å²) < 4.78 is 38.6. The van der Waals surface area contributed by atoms with E-state index in [4.69, 9.17) is 8.74 Å². The number of piperidine rings is 1. The van der Waals surface area contributed by atoms with Gasteiger partial charge in [-0.25, -0.2) is 8.98 Å². The lowest BCUT2D eigenvalue weighted by molar-refractivity contribution is -0.620. The smallest absolute Gasteiger partial charge is 0.311 e. The highest BCUT2D eigenvalue weighted by atomic mass is 32.3. The predicted octanol–water partition coefficient (Wildman–Crippen LogP) is -2.10. The summed E-state index contributed by atoms with van der Waals surface area (Å²) >= 11 is 0. The molecule has 4 rings (SSSR count). The van der Waals surface area contributed by atoms with E-state index in [9.17, 15) is 18.0 Å². The lowest BCUT2D eigenvalue weighted by Crippen LogP contribution is -2.59. The third kappa shape index (κ3) is 3.64. The number of nitrogens with zero attached hydrogens (tertiary/aromatic N) is 1. The van der Waals surface area contributed by atoms with Gasteiger partial charge in [0.05, 0.1) is 24.7 Å². The standard InChI is InChI=1S/C15H21N5O6S/c1-7-11-6-16-14-17-8(2-9-4-13(21)19-15(22)18-9)3-10(20(11)14)5-12(7)26-27(23,24)25/h4,7-8,10-12H,2-3,5-6H2,1H3,(H4,16,17,18,19,21,22,23,24,25)/p+1/i2+1,3+1,4+1,5+1,7+1,8+1,9+1,10+1,12+1,13+1. The Morgan fingerprint density at radius 1 is 1.30 bits per heavy atom. The normalized spacial score (nSPS) is 32.6. The number of nitrogens with one attached hydrogen (secondary N) is 4. The van der Waals surface area contributed by atoms with Gasteiger partial charge >= 0.3 is 22.0 Å². The topological polar surface area (TPSA) is 156 Å². The van der Waals surface area contributed by atoms with E-state index >= 15 is 0 Å². The molecule has 4 heterocycles. The van der Waals surface area contributed by atoms with Gasteiger partial charge in [-0.15, -0.1) is 0 Å². The zero-order valence-electron chi connectivity index (χ0n) is 14.6. The molecule has 0 saturated carbocycles. The second-order valence-corrected chi connectivity index (χ2v) is 8.46. The minimum absolute atomic E-state index is 0.0166. The van der Waals surface area contributed by atoms with Crippen molar-refractivity contribution in [3.8, 4) is 0 Å². The Kier molecular flexibility index (Phi) is 4.35. The van der Waals surface area contributed by atoms with Crippen LogP contribution in [0.1, 0.15) is 25.5 Å². The van der Waals surface area contributed by atoms with E-state index in [1.807, 2.05) is 6.92 Å². The summed E-state index contributed by atoms with van der Waals surface area (Å²) in [5.74, 6) is 0.779. The lowest BCUT2D eigenvalue weighted by Gasteiger charge is -2.40. The van der Waals surface area contributed by atoms with Crippen LogP contribution in [-0.2, 0) is 21.0 Å². The van der Waals surface area contributed by atoms with Crippen molar-refractivity contribution in [2.45, 2.75) is 50.4 Å². The van der Waals surface area contributed by atoms with Crippen LogP contribution < -0.4 is 21.9 Å². The molecule has 1 fully saturated rings. The largest absolute Gasteiger partial charge is 0.397 e. The molecule has 1 aromatic heterocycles. The summed E-state index contributed by atoms with van der Waals surface area (Å²) in [7, 11) is -4.52. The van der Waals surface area contributed by atoms with E-state index in [1.54, 1.807) is 0 Å². The highest BCUT2D eigenvalue weighted by Crippen LogP contribution is 2.33. The summed E-state index contributed by atoms with van der Waals surface area (Å²) in [5.41, 5.74) is -0.472. The van der Waals surface area contributed by atoms with Crippen LogP contribution in [0.15, 0.2) is 15.7 Å². The van der Waals surface area contributed by atoms with Crippen LogP contribution in [0.5, 0.6) is 0 Å². The van der Waals surface area contributed by atoms with Crippen molar-refractivity contribution in [2.75, 3.05) is 6.54 Å². The molecule has 3 aliphatic rings. The van der Waals surface area contributed by atoms with Gasteiger partial charge in [-0.1, -0.05) is 6.92 Å². The summed E-state index contributed by atoms with van der Waals surface area (Å²) in [4.78, 5) is 27.7. The average molecular weight is 410 g/mol. The molecule has 0 spiro atoms. The fourth-order valence-corrected chi connectivity index (χ4v) is 5.09. The number of hydrogen-bond acceptors (Lipinski definition) is 7. The summed E-state index contributed by atoms with van der Waals surface area (Å²) in [6.07, 6.45) is 0.963. The molecule has 0 radical (unpaired) electrons. The Labute approximate surface area is 154 Å². The number of aromatic nitrogens is 2. The van der Waals surface area contributed by atoms with Gasteiger partial charge in [-0.3, -0.25) is 29.5 Å². The van der Waals surface area contributed by atoms with Gasteiger partial charge in [0.1, 0.15) is 6.04 Å². The second-order valence-electron chi connectivity index (χ2n) is 7.41. The molecule has 0 bridgehead atoms. The number of guanidine groups is 1. The molecule has 5 unspecified atom stereocenters. The molecule has 0 aromatic carbocycles. The first-order chi connectivity index (χ1) is 12.7. The van der Waals surface area contributed by atoms with Crippen molar-refractivity contribution in [1.82, 2.24) is 20.6 Å². The first-order valence-corrected chi connectivity index (χ1v) is 10.2. The predicted molar refractivity (Wildman–Crippen MR) is 94.0 cm³/mol. The van der Waals surface area contributed by atoms with Gasteiger partial charge in [0.2, 0.25) is 0 Å². The molecule has 1 aromatic rings. The molecule has 12 heteroatoms. The molecular weight excluding hydrogens is 388 g/mol. The second kappa shape index (κ2) is 6.46. The summed E-state index contributed by atoms with van der Waals surface area (Å²) in [6, 6.07) is 1.38. The fourth-order valence-electron chi connectivity index (χ4n) is 4.52. The minimum Gasteiger partial charge on any atom is -0.311 e. The minimum atomic E-state index is -4.52. The lowest BCUT2D eigenvalue weighted by atomic mass is 10.3. The molecule has 0 aliphatic carbocycles. The van der Waals surface area contributed by atoms with Crippen molar-refractivity contribution < 1.29 is 21.7 Å². The van der Waals surface area contributed by atoms with E-state index in [-0.39, 0.29) is 24.0 Å². The Morgan fingerprint density at radius 2 is 2.07 bits per heavy atom. The number of aromatic amines is 2. The van der Waals surface area contributed by atoms with Crippen LogP contribution in [0.25, 0.3) is 0 Å². The molecule has 5 atom stereocenters.